The minimum Gasteiger partial charge on any atom is -0.496 e. The van der Waals surface area contributed by atoms with Crippen LogP contribution in [0.1, 0.15) is 83.9 Å². The second-order valence-electron chi connectivity index (χ2n) is 15.2. The average molecular weight is 774 g/mol. The molecule has 0 bridgehead atoms. The predicted molar refractivity (Wildman–Crippen MR) is 222 cm³/mol. The highest BCUT2D eigenvalue weighted by Crippen LogP contribution is 2.33. The number of fused-ring (bicyclic) bond motifs is 1. The van der Waals surface area contributed by atoms with Crippen molar-refractivity contribution in [1.29, 1.82) is 0 Å². The van der Waals surface area contributed by atoms with Gasteiger partial charge in [0, 0.05) is 87.4 Å². The quantitative estimate of drug-likeness (QED) is 0.111. The average Bonchev–Trinajstić information content (AvgIpc) is 3.65. The topological polar surface area (TPSA) is 148 Å². The van der Waals surface area contributed by atoms with E-state index in [4.69, 9.17) is 14.5 Å². The van der Waals surface area contributed by atoms with Gasteiger partial charge in [-0.3, -0.25) is 14.5 Å². The van der Waals surface area contributed by atoms with Crippen molar-refractivity contribution >= 4 is 28.5 Å². The van der Waals surface area contributed by atoms with Crippen molar-refractivity contribution in [1.82, 2.24) is 40.6 Å². The van der Waals surface area contributed by atoms with Crippen molar-refractivity contribution < 1.29 is 19.1 Å². The fourth-order valence-corrected chi connectivity index (χ4v) is 8.08. The van der Waals surface area contributed by atoms with Crippen molar-refractivity contribution in [2.24, 2.45) is 0 Å². The fraction of sp³-hybridized carbons (Fsp3) is 0.432. The fourth-order valence-electron chi connectivity index (χ4n) is 8.08. The Morgan fingerprint density at radius 2 is 1.61 bits per heavy atom. The molecular formula is C44H55N9O4. The summed E-state index contributed by atoms with van der Waals surface area (Å²) in [6, 6.07) is 20.6. The number of carbonyl (C=O) groups excluding carboxylic acids is 2. The maximum atomic E-state index is 13.6. The summed E-state index contributed by atoms with van der Waals surface area (Å²) in [7, 11) is 1.67. The van der Waals surface area contributed by atoms with Crippen LogP contribution < -0.4 is 26.0 Å². The van der Waals surface area contributed by atoms with Gasteiger partial charge in [0.1, 0.15) is 17.1 Å². The predicted octanol–water partition coefficient (Wildman–Crippen LogP) is 5.72. The summed E-state index contributed by atoms with van der Waals surface area (Å²) >= 11 is 0. The molecule has 0 spiro atoms. The van der Waals surface area contributed by atoms with Crippen LogP contribution in [0, 0.1) is 0 Å². The number of piperazine rings is 1. The number of hydrogen-bond acceptors (Lipinski definition) is 10. The maximum Gasteiger partial charge on any atom is 0.270 e. The Bertz CT molecular complexity index is 2190. The van der Waals surface area contributed by atoms with E-state index in [1.54, 1.807) is 25.3 Å². The second kappa shape index (κ2) is 18.3. The summed E-state index contributed by atoms with van der Waals surface area (Å²) in [6.45, 7) is 14.1. The van der Waals surface area contributed by atoms with E-state index in [0.717, 1.165) is 82.9 Å². The third kappa shape index (κ3) is 9.44. The molecule has 4 N–H and O–H groups in total. The number of pyridine rings is 2. The summed E-state index contributed by atoms with van der Waals surface area (Å²) in [6.07, 6.45) is 4.31. The number of aryl methyl sites for hydroxylation is 2. The van der Waals surface area contributed by atoms with Crippen LogP contribution >= 0.6 is 0 Å². The molecule has 13 nitrogen and oxygen atoms in total. The molecule has 7 rings (SSSR count). The number of carbonyl (C=O) groups is 2. The molecule has 2 fully saturated rings. The molecule has 0 radical (unpaired) electrons. The molecule has 57 heavy (non-hydrogen) atoms. The van der Waals surface area contributed by atoms with E-state index in [2.05, 4.69) is 87.4 Å². The van der Waals surface area contributed by atoms with Crippen molar-refractivity contribution in [2.45, 2.75) is 91.3 Å². The first-order valence-electron chi connectivity index (χ1n) is 20.2. The van der Waals surface area contributed by atoms with Crippen molar-refractivity contribution in [3.63, 3.8) is 0 Å². The highest BCUT2D eigenvalue weighted by molar-refractivity contribution is 5.97. The zero-order valence-electron chi connectivity index (χ0n) is 33.7. The molecule has 5 aromatic rings. The van der Waals surface area contributed by atoms with Crippen LogP contribution in [0.4, 0.5) is 5.69 Å². The number of anilines is 1. The summed E-state index contributed by atoms with van der Waals surface area (Å²) in [5, 5.41) is 18.9. The van der Waals surface area contributed by atoms with Gasteiger partial charge >= 0.3 is 0 Å². The van der Waals surface area contributed by atoms with Crippen LogP contribution in [0.15, 0.2) is 66.9 Å². The first-order chi connectivity index (χ1) is 27.7. The SMILES string of the molecule is CCc1nc2c(cnn2CC)c(NC2CCOCC2)c1CNC(=O)c1cccc(C(=O)NCc2ccc(OC)c(-c3cccc(CN4C[C@@H](C)N[C@@H](C)C4)c3)c2)n1. The monoisotopic (exact) mass is 773 g/mol. The molecule has 0 saturated carbocycles. The maximum absolute atomic E-state index is 13.6. The number of nitrogens with one attached hydrogen (secondary N) is 4. The Balaban J connectivity index is 1.03. The molecule has 2 saturated heterocycles. The molecule has 0 aliphatic carbocycles. The van der Waals surface area contributed by atoms with Crippen molar-refractivity contribution in [2.75, 3.05) is 38.7 Å². The van der Waals surface area contributed by atoms with Gasteiger partial charge in [-0.1, -0.05) is 37.3 Å². The summed E-state index contributed by atoms with van der Waals surface area (Å²) in [5.74, 6) is 0.00896. The number of aromatic nitrogens is 4. The van der Waals surface area contributed by atoms with Gasteiger partial charge in [-0.05, 0) is 87.1 Å². The lowest BCUT2D eigenvalue weighted by molar-refractivity contribution is 0.0904. The number of amides is 2. The Labute approximate surface area is 334 Å². The lowest BCUT2D eigenvalue weighted by atomic mass is 9.99. The van der Waals surface area contributed by atoms with Crippen LogP contribution in [0.2, 0.25) is 0 Å². The molecule has 3 aromatic heterocycles. The van der Waals surface area contributed by atoms with E-state index >= 15 is 0 Å². The Morgan fingerprint density at radius 3 is 2.32 bits per heavy atom. The molecule has 2 aromatic carbocycles. The second-order valence-corrected chi connectivity index (χ2v) is 15.2. The number of rotatable bonds is 14. The van der Waals surface area contributed by atoms with Gasteiger partial charge in [0.05, 0.1) is 24.4 Å². The van der Waals surface area contributed by atoms with E-state index in [1.165, 1.54) is 5.56 Å². The van der Waals surface area contributed by atoms with Gasteiger partial charge < -0.3 is 30.7 Å². The minimum atomic E-state index is -0.379. The molecule has 13 heteroatoms. The molecule has 2 atom stereocenters. The van der Waals surface area contributed by atoms with Crippen LogP contribution in [0.3, 0.4) is 0 Å². The van der Waals surface area contributed by atoms with Gasteiger partial charge in [-0.25, -0.2) is 14.6 Å². The van der Waals surface area contributed by atoms with E-state index < -0.39 is 0 Å². The zero-order chi connectivity index (χ0) is 39.9. The van der Waals surface area contributed by atoms with Gasteiger partial charge in [-0.2, -0.15) is 5.10 Å². The largest absolute Gasteiger partial charge is 0.496 e. The zero-order valence-corrected chi connectivity index (χ0v) is 33.7. The molecule has 5 heterocycles. The van der Waals surface area contributed by atoms with Crippen molar-refractivity contribution in [3.05, 3.63) is 101 Å². The third-order valence-corrected chi connectivity index (χ3v) is 10.8. The number of hydrogen-bond donors (Lipinski definition) is 4. The summed E-state index contributed by atoms with van der Waals surface area (Å²) < 4.78 is 13.3. The van der Waals surface area contributed by atoms with E-state index in [0.29, 0.717) is 38.3 Å². The van der Waals surface area contributed by atoms with Gasteiger partial charge in [0.25, 0.3) is 11.8 Å². The number of methoxy groups -OCH3 is 1. The number of benzene rings is 2. The Kier molecular flexibility index (Phi) is 12.8. The Morgan fingerprint density at radius 1 is 0.895 bits per heavy atom. The van der Waals surface area contributed by atoms with Crippen LogP contribution in [-0.4, -0.2) is 88.0 Å². The smallest absolute Gasteiger partial charge is 0.270 e. The molecular weight excluding hydrogens is 719 g/mol. The normalized spacial score (nSPS) is 17.7. The molecule has 2 aliphatic heterocycles. The lowest BCUT2D eigenvalue weighted by Crippen LogP contribution is -2.53. The first kappa shape index (κ1) is 39.8. The van der Waals surface area contributed by atoms with E-state index in [1.807, 2.05) is 29.9 Å². The minimum absolute atomic E-state index is 0.156. The summed E-state index contributed by atoms with van der Waals surface area (Å²) in [4.78, 5) is 39.0. The van der Waals surface area contributed by atoms with Gasteiger partial charge in [0.15, 0.2) is 5.65 Å². The molecule has 2 aliphatic rings. The van der Waals surface area contributed by atoms with Gasteiger partial charge in [0.2, 0.25) is 0 Å². The van der Waals surface area contributed by atoms with Crippen LogP contribution in [0.25, 0.3) is 22.2 Å². The Hall–Kier alpha value is -5.37. The highest BCUT2D eigenvalue weighted by atomic mass is 16.5. The molecule has 0 unspecified atom stereocenters. The van der Waals surface area contributed by atoms with Crippen molar-refractivity contribution in [3.8, 4) is 16.9 Å². The van der Waals surface area contributed by atoms with Crippen LogP contribution in [0.5, 0.6) is 5.75 Å². The third-order valence-electron chi connectivity index (χ3n) is 10.8. The van der Waals surface area contributed by atoms with E-state index in [9.17, 15) is 9.59 Å². The molecule has 2 amide bonds. The first-order valence-corrected chi connectivity index (χ1v) is 20.2. The molecule has 300 valence electrons. The highest BCUT2D eigenvalue weighted by Gasteiger charge is 2.24. The van der Waals surface area contributed by atoms with E-state index in [-0.39, 0.29) is 42.3 Å². The van der Waals surface area contributed by atoms with Crippen LogP contribution in [-0.2, 0) is 37.3 Å². The standard InChI is InChI=1S/C44H55N9O4/c1-6-37-35(41(49-33-16-18-57-19-17-33)36-24-47-53(7-2)42(36)51-37)23-46-44(55)39-13-9-12-38(50-39)43(54)45-22-30-14-15-40(56-5)34(21-30)32-11-8-10-31(20-32)27-52-25-28(3)48-29(4)26-52/h8-15,20-21,24,28-29,33,48H,6-7,16-19,22-23,25-27H2,1-5H3,(H,45,54)(H,46,55)(H,49,51)/t28-,29+. The number of ether oxygens (including phenoxy) is 2. The lowest BCUT2D eigenvalue weighted by Gasteiger charge is -2.36. The number of nitrogens with zero attached hydrogens (tertiary/aromatic N) is 5. The van der Waals surface area contributed by atoms with Gasteiger partial charge in [-0.15, -0.1) is 0 Å². The summed E-state index contributed by atoms with van der Waals surface area (Å²) in [5.41, 5.74) is 8.06.